The van der Waals surface area contributed by atoms with Crippen molar-refractivity contribution in [2.24, 2.45) is 5.92 Å². The number of ether oxygens (including phenoxy) is 1. The van der Waals surface area contributed by atoms with Crippen molar-refractivity contribution in [1.82, 2.24) is 4.90 Å². The Hall–Kier alpha value is -3.22. The van der Waals surface area contributed by atoms with Gasteiger partial charge < -0.3 is 25.6 Å². The predicted octanol–water partition coefficient (Wildman–Crippen LogP) is 5.70. The Balaban J connectivity index is 0.000000444. The predicted molar refractivity (Wildman–Crippen MR) is 147 cm³/mol. The van der Waals surface area contributed by atoms with Crippen molar-refractivity contribution >= 4 is 29.1 Å². The Kier molecular flexibility index (Phi) is 8.88. The fourth-order valence-electron chi connectivity index (χ4n) is 4.74. The first-order valence-electron chi connectivity index (χ1n) is 12.9. The van der Waals surface area contributed by atoms with E-state index in [9.17, 15) is 9.59 Å². The van der Waals surface area contributed by atoms with E-state index in [0.29, 0.717) is 25.0 Å². The largest absolute Gasteiger partial charge is 0.444 e. The molecule has 4 rings (SSSR count). The van der Waals surface area contributed by atoms with E-state index < -0.39 is 5.60 Å². The monoisotopic (exact) mass is 494 g/mol. The maximum atomic E-state index is 12.2. The molecule has 2 aromatic carbocycles. The molecule has 1 fully saturated rings. The van der Waals surface area contributed by atoms with Crippen LogP contribution in [0.15, 0.2) is 48.5 Å². The van der Waals surface area contributed by atoms with Gasteiger partial charge in [-0.3, -0.25) is 4.79 Å². The molecule has 7 nitrogen and oxygen atoms in total. The Morgan fingerprint density at radius 3 is 2.19 bits per heavy atom. The molecule has 2 amide bonds. The van der Waals surface area contributed by atoms with Gasteiger partial charge in [-0.25, -0.2) is 4.79 Å². The van der Waals surface area contributed by atoms with Gasteiger partial charge in [0.25, 0.3) is 0 Å². The summed E-state index contributed by atoms with van der Waals surface area (Å²) in [4.78, 5) is 28.1. The van der Waals surface area contributed by atoms with Crippen molar-refractivity contribution in [3.05, 3.63) is 54.1 Å². The lowest BCUT2D eigenvalue weighted by Crippen LogP contribution is -2.45. The van der Waals surface area contributed by atoms with E-state index in [0.717, 1.165) is 36.3 Å². The zero-order valence-electron chi connectivity index (χ0n) is 22.6. The maximum Gasteiger partial charge on any atom is 0.410 e. The maximum absolute atomic E-state index is 12.2. The minimum absolute atomic E-state index is 0.0977. The quantitative estimate of drug-likeness (QED) is 0.523. The molecule has 3 N–H and O–H groups in total. The number of anilines is 3. The summed E-state index contributed by atoms with van der Waals surface area (Å²) in [5.41, 5.74) is 9.07. The molecule has 0 aromatic heterocycles. The van der Waals surface area contributed by atoms with Crippen LogP contribution in [0, 0.1) is 5.92 Å². The number of likely N-dealkylation sites (tertiary alicyclic amines) is 1. The summed E-state index contributed by atoms with van der Waals surface area (Å²) < 4.78 is 5.48. The molecule has 0 radical (unpaired) electrons. The van der Waals surface area contributed by atoms with Gasteiger partial charge in [-0.15, -0.1) is 0 Å². The van der Waals surface area contributed by atoms with Gasteiger partial charge in [-0.1, -0.05) is 25.1 Å². The molecule has 196 valence electrons. The van der Waals surface area contributed by atoms with Crippen molar-refractivity contribution in [2.75, 3.05) is 29.0 Å². The van der Waals surface area contributed by atoms with E-state index in [4.69, 9.17) is 10.5 Å². The summed E-state index contributed by atoms with van der Waals surface area (Å²) in [5.74, 6) is 0.527. The Morgan fingerprint density at radius 2 is 1.67 bits per heavy atom. The second-order valence-corrected chi connectivity index (χ2v) is 11.0. The van der Waals surface area contributed by atoms with Gasteiger partial charge in [0.05, 0.1) is 0 Å². The molecule has 0 saturated carbocycles. The SMILES string of the molecule is CC(=O)N1c2ccc(NC3CCN(C(=O)OC(C)(C)C)CC3)cc2C[C@@H](C)[C@@H]1C.Nc1ccccc1. The van der Waals surface area contributed by atoms with E-state index in [1.807, 2.05) is 56.0 Å². The van der Waals surface area contributed by atoms with Crippen molar-refractivity contribution in [3.63, 3.8) is 0 Å². The zero-order chi connectivity index (χ0) is 26.5. The molecule has 2 heterocycles. The number of carbonyl (C=O) groups is 2. The van der Waals surface area contributed by atoms with Crippen LogP contribution >= 0.6 is 0 Å². The second kappa shape index (κ2) is 11.7. The van der Waals surface area contributed by atoms with E-state index in [2.05, 4.69) is 37.4 Å². The number of nitrogens with one attached hydrogen (secondary N) is 1. The van der Waals surface area contributed by atoms with Crippen molar-refractivity contribution in [2.45, 2.75) is 78.5 Å². The number of carbonyl (C=O) groups excluding carboxylic acids is 2. The van der Waals surface area contributed by atoms with Crippen molar-refractivity contribution < 1.29 is 14.3 Å². The average molecular weight is 495 g/mol. The third-order valence-corrected chi connectivity index (χ3v) is 6.77. The van der Waals surface area contributed by atoms with Gasteiger partial charge in [0.15, 0.2) is 0 Å². The number of benzene rings is 2. The highest BCUT2D eigenvalue weighted by Gasteiger charge is 2.31. The third-order valence-electron chi connectivity index (χ3n) is 6.77. The van der Waals surface area contributed by atoms with Crippen LogP contribution in [0.1, 0.15) is 59.9 Å². The Bertz CT molecular complexity index is 1030. The fourth-order valence-corrected chi connectivity index (χ4v) is 4.74. The van der Waals surface area contributed by atoms with Crippen molar-refractivity contribution in [1.29, 1.82) is 0 Å². The van der Waals surface area contributed by atoms with Gasteiger partial charge in [0.2, 0.25) is 5.91 Å². The summed E-state index contributed by atoms with van der Waals surface area (Å²) in [7, 11) is 0. The van der Waals surface area contributed by atoms with E-state index in [-0.39, 0.29) is 18.0 Å². The van der Waals surface area contributed by atoms with E-state index >= 15 is 0 Å². The minimum Gasteiger partial charge on any atom is -0.444 e. The minimum atomic E-state index is -0.461. The van der Waals surface area contributed by atoms with Crippen LogP contribution in [-0.2, 0) is 16.0 Å². The Labute approximate surface area is 216 Å². The molecule has 2 aliphatic rings. The smallest absolute Gasteiger partial charge is 0.410 e. The molecular formula is C29H42N4O3. The molecule has 0 bridgehead atoms. The molecule has 2 aliphatic heterocycles. The topological polar surface area (TPSA) is 87.9 Å². The molecule has 36 heavy (non-hydrogen) atoms. The second-order valence-electron chi connectivity index (χ2n) is 11.0. The molecule has 7 heteroatoms. The standard InChI is InChI=1S/C23H35N3O3.C6H7N/c1-15-13-18-14-20(7-8-21(18)26(16(15)2)17(3)27)24-19-9-11-25(12-10-19)22(28)29-23(4,5)6;7-6-4-2-1-3-5-6/h7-8,14-16,19,24H,9-13H2,1-6H3;1-5H,7H2/t15-,16+;/m1./s1. The molecule has 2 atom stereocenters. The number of hydrogen-bond donors (Lipinski definition) is 2. The summed E-state index contributed by atoms with van der Waals surface area (Å²) in [6, 6.07) is 16.4. The van der Waals surface area contributed by atoms with Crippen LogP contribution in [0.25, 0.3) is 0 Å². The van der Waals surface area contributed by atoms with Gasteiger partial charge >= 0.3 is 6.09 Å². The zero-order valence-corrected chi connectivity index (χ0v) is 22.6. The molecule has 0 unspecified atom stereocenters. The van der Waals surface area contributed by atoms with E-state index in [1.165, 1.54) is 5.56 Å². The summed E-state index contributed by atoms with van der Waals surface area (Å²) in [5, 5.41) is 3.63. The number of rotatable bonds is 2. The van der Waals surface area contributed by atoms with Crippen LogP contribution in [0.4, 0.5) is 21.9 Å². The number of fused-ring (bicyclic) bond motifs is 1. The number of para-hydroxylation sites is 1. The summed E-state index contributed by atoms with van der Waals surface area (Å²) in [6.07, 6.45) is 2.54. The molecule has 0 aliphatic carbocycles. The number of nitrogen functional groups attached to an aromatic ring is 1. The first-order chi connectivity index (χ1) is 16.9. The number of nitrogens with two attached hydrogens (primary N) is 1. The highest BCUT2D eigenvalue weighted by atomic mass is 16.6. The molecule has 2 aromatic rings. The number of nitrogens with zero attached hydrogens (tertiary/aromatic N) is 2. The van der Waals surface area contributed by atoms with Gasteiger partial charge in [-0.05, 0) is 88.8 Å². The van der Waals surface area contributed by atoms with Crippen LogP contribution in [0.3, 0.4) is 0 Å². The van der Waals surface area contributed by atoms with Crippen LogP contribution in [0.5, 0.6) is 0 Å². The fraction of sp³-hybridized carbons (Fsp3) is 0.517. The summed E-state index contributed by atoms with van der Waals surface area (Å²) in [6.45, 7) is 13.0. The highest BCUT2D eigenvalue weighted by molar-refractivity contribution is 5.94. The molecule has 1 saturated heterocycles. The molecule has 0 spiro atoms. The highest BCUT2D eigenvalue weighted by Crippen LogP contribution is 2.36. The van der Waals surface area contributed by atoms with Gasteiger partial charge in [-0.2, -0.15) is 0 Å². The third kappa shape index (κ3) is 7.39. The number of amides is 2. The van der Waals surface area contributed by atoms with Crippen LogP contribution < -0.4 is 16.0 Å². The normalized spacial score (nSPS) is 20.1. The lowest BCUT2D eigenvalue weighted by Gasteiger charge is -2.39. The van der Waals surface area contributed by atoms with Crippen molar-refractivity contribution in [3.8, 4) is 0 Å². The first kappa shape index (κ1) is 27.4. The lowest BCUT2D eigenvalue weighted by molar-refractivity contribution is -0.117. The molecular weight excluding hydrogens is 452 g/mol. The van der Waals surface area contributed by atoms with Crippen LogP contribution in [0.2, 0.25) is 0 Å². The summed E-state index contributed by atoms with van der Waals surface area (Å²) >= 11 is 0. The average Bonchev–Trinajstić information content (AvgIpc) is 2.80. The van der Waals surface area contributed by atoms with Crippen LogP contribution in [-0.4, -0.2) is 47.7 Å². The first-order valence-corrected chi connectivity index (χ1v) is 12.9. The van der Waals surface area contributed by atoms with Gasteiger partial charge in [0.1, 0.15) is 5.60 Å². The Morgan fingerprint density at radius 1 is 1.03 bits per heavy atom. The lowest BCUT2D eigenvalue weighted by atomic mass is 9.87. The number of piperidine rings is 1. The van der Waals surface area contributed by atoms with Gasteiger partial charge in [0, 0.05) is 49.2 Å². The van der Waals surface area contributed by atoms with E-state index in [1.54, 1.807) is 11.8 Å². The number of hydrogen-bond acceptors (Lipinski definition) is 5.